The van der Waals surface area contributed by atoms with Crippen LogP contribution in [0.2, 0.25) is 0 Å². The first kappa shape index (κ1) is 22.8. The molecule has 166 valence electrons. The average Bonchev–Trinajstić information content (AvgIpc) is 2.83. The maximum absolute atomic E-state index is 12.3. The number of piperidine rings is 1. The normalized spacial score (nSPS) is 15.3. The highest BCUT2D eigenvalue weighted by atomic mass is 16.7. The van der Waals surface area contributed by atoms with Gasteiger partial charge in [0.2, 0.25) is 0 Å². The summed E-state index contributed by atoms with van der Waals surface area (Å²) in [6.07, 6.45) is 0.185. The summed E-state index contributed by atoms with van der Waals surface area (Å²) in [6.45, 7) is 1.64. The maximum Gasteiger partial charge on any atom is 0.410 e. The summed E-state index contributed by atoms with van der Waals surface area (Å²) in [6, 6.07) is 19.3. The highest BCUT2D eigenvalue weighted by Gasteiger charge is 2.34. The minimum absolute atomic E-state index is 0.00596. The van der Waals surface area contributed by atoms with Crippen molar-refractivity contribution in [1.29, 1.82) is 0 Å². The number of carbonyl (C=O) groups is 2. The van der Waals surface area contributed by atoms with E-state index in [1.807, 2.05) is 60.7 Å². The molecule has 2 aromatic rings. The molecule has 7 heteroatoms. The van der Waals surface area contributed by atoms with Crippen LogP contribution in [0.1, 0.15) is 24.0 Å². The lowest BCUT2D eigenvalue weighted by atomic mass is 9.91. The second-order valence-electron chi connectivity index (χ2n) is 7.43. The Morgan fingerprint density at radius 1 is 0.935 bits per heavy atom. The van der Waals surface area contributed by atoms with E-state index in [9.17, 15) is 9.59 Å². The Labute approximate surface area is 182 Å². The van der Waals surface area contributed by atoms with Crippen molar-refractivity contribution >= 4 is 12.1 Å². The van der Waals surface area contributed by atoms with E-state index >= 15 is 0 Å². The van der Waals surface area contributed by atoms with Gasteiger partial charge in [0.25, 0.3) is 0 Å². The molecule has 1 heterocycles. The second kappa shape index (κ2) is 12.1. The van der Waals surface area contributed by atoms with Crippen molar-refractivity contribution in [1.82, 2.24) is 4.90 Å². The first-order valence-corrected chi connectivity index (χ1v) is 10.4. The molecule has 0 aromatic heterocycles. The smallest absolute Gasteiger partial charge is 0.410 e. The van der Waals surface area contributed by atoms with Gasteiger partial charge in [-0.3, -0.25) is 0 Å². The lowest BCUT2D eigenvalue weighted by Crippen LogP contribution is -2.44. The predicted molar refractivity (Wildman–Crippen MR) is 114 cm³/mol. The molecule has 1 amide bonds. The van der Waals surface area contributed by atoms with Gasteiger partial charge in [0.05, 0.1) is 13.7 Å². The van der Waals surface area contributed by atoms with Gasteiger partial charge in [0, 0.05) is 13.1 Å². The number of methoxy groups -OCH3 is 1. The molecule has 31 heavy (non-hydrogen) atoms. The van der Waals surface area contributed by atoms with Crippen molar-refractivity contribution in [2.75, 3.05) is 27.0 Å². The van der Waals surface area contributed by atoms with Gasteiger partial charge in [-0.05, 0) is 29.9 Å². The van der Waals surface area contributed by atoms with Crippen molar-refractivity contribution in [3.05, 3.63) is 71.8 Å². The molecule has 1 aliphatic heterocycles. The summed E-state index contributed by atoms with van der Waals surface area (Å²) < 4.78 is 21.6. The molecule has 0 radical (unpaired) electrons. The van der Waals surface area contributed by atoms with Crippen molar-refractivity contribution in [3.63, 3.8) is 0 Å². The van der Waals surface area contributed by atoms with Crippen LogP contribution in [0.25, 0.3) is 0 Å². The van der Waals surface area contributed by atoms with Crippen LogP contribution in [0, 0.1) is 5.92 Å². The number of hydrogen-bond donors (Lipinski definition) is 0. The van der Waals surface area contributed by atoms with Crippen molar-refractivity contribution in [2.45, 2.75) is 32.2 Å². The molecular weight excluding hydrogens is 398 g/mol. The molecule has 0 bridgehead atoms. The number of ether oxygens (including phenoxy) is 4. The summed E-state index contributed by atoms with van der Waals surface area (Å²) in [5, 5.41) is 0. The lowest BCUT2D eigenvalue weighted by Gasteiger charge is -2.34. The summed E-state index contributed by atoms with van der Waals surface area (Å²) in [7, 11) is 1.35. The topological polar surface area (TPSA) is 74.3 Å². The fourth-order valence-electron chi connectivity index (χ4n) is 3.56. The highest BCUT2D eigenvalue weighted by molar-refractivity contribution is 5.75. The average molecular weight is 427 g/mol. The Morgan fingerprint density at radius 3 is 2.10 bits per heavy atom. The number of benzene rings is 2. The van der Waals surface area contributed by atoms with E-state index in [-0.39, 0.29) is 25.4 Å². The Morgan fingerprint density at radius 2 is 1.52 bits per heavy atom. The Bertz CT molecular complexity index is 805. The quantitative estimate of drug-likeness (QED) is 0.345. The zero-order chi connectivity index (χ0) is 21.9. The molecule has 2 aromatic carbocycles. The van der Waals surface area contributed by atoms with Gasteiger partial charge in [-0.2, -0.15) is 0 Å². The summed E-state index contributed by atoms with van der Waals surface area (Å²) in [5.41, 5.74) is 1.98. The monoisotopic (exact) mass is 427 g/mol. The number of likely N-dealkylation sites (tertiary alicyclic amines) is 1. The first-order chi connectivity index (χ1) is 15.2. The number of esters is 1. The lowest BCUT2D eigenvalue weighted by molar-refractivity contribution is -0.173. The number of carbonyl (C=O) groups excluding carboxylic acids is 2. The van der Waals surface area contributed by atoms with E-state index < -0.39 is 12.1 Å². The van der Waals surface area contributed by atoms with Crippen molar-refractivity contribution < 1.29 is 28.5 Å². The van der Waals surface area contributed by atoms with Crippen LogP contribution in [0.5, 0.6) is 0 Å². The van der Waals surface area contributed by atoms with Gasteiger partial charge < -0.3 is 23.8 Å². The molecule has 0 saturated carbocycles. The van der Waals surface area contributed by atoms with E-state index in [0.717, 1.165) is 11.1 Å². The Kier molecular flexibility index (Phi) is 8.87. The van der Waals surface area contributed by atoms with Crippen LogP contribution in [0.4, 0.5) is 4.79 Å². The van der Waals surface area contributed by atoms with Gasteiger partial charge in [-0.1, -0.05) is 60.7 Å². The zero-order valence-corrected chi connectivity index (χ0v) is 17.8. The van der Waals surface area contributed by atoms with Gasteiger partial charge in [-0.25, -0.2) is 9.59 Å². The number of amides is 1. The molecule has 1 atom stereocenters. The number of rotatable bonds is 9. The summed E-state index contributed by atoms with van der Waals surface area (Å²) in [5.74, 6) is -0.473. The summed E-state index contributed by atoms with van der Waals surface area (Å²) in [4.78, 5) is 26.3. The molecule has 0 N–H and O–H groups in total. The van der Waals surface area contributed by atoms with Crippen LogP contribution in [0.3, 0.4) is 0 Å². The SMILES string of the molecule is COC(=O)C(OCOCc1ccccc1)C1CCN(C(=O)OCc2ccccc2)CC1. The van der Waals surface area contributed by atoms with Gasteiger partial charge in [0.15, 0.2) is 6.10 Å². The van der Waals surface area contributed by atoms with E-state index in [2.05, 4.69) is 0 Å². The number of nitrogens with zero attached hydrogens (tertiary/aromatic N) is 1. The van der Waals surface area contributed by atoms with Crippen molar-refractivity contribution in [3.8, 4) is 0 Å². The molecule has 1 aliphatic rings. The maximum atomic E-state index is 12.3. The Balaban J connectivity index is 1.43. The fourth-order valence-corrected chi connectivity index (χ4v) is 3.56. The fraction of sp³-hybridized carbons (Fsp3) is 0.417. The van der Waals surface area contributed by atoms with Gasteiger partial charge in [0.1, 0.15) is 13.4 Å². The predicted octanol–water partition coefficient (Wildman–Crippen LogP) is 3.77. The molecular formula is C24H29NO6. The summed E-state index contributed by atoms with van der Waals surface area (Å²) >= 11 is 0. The minimum Gasteiger partial charge on any atom is -0.467 e. The van der Waals surface area contributed by atoms with Crippen LogP contribution < -0.4 is 0 Å². The van der Waals surface area contributed by atoms with Crippen LogP contribution >= 0.6 is 0 Å². The van der Waals surface area contributed by atoms with Crippen LogP contribution in [0.15, 0.2) is 60.7 Å². The van der Waals surface area contributed by atoms with Crippen LogP contribution in [-0.2, 0) is 37.0 Å². The second-order valence-corrected chi connectivity index (χ2v) is 7.43. The molecule has 1 saturated heterocycles. The molecule has 0 aliphatic carbocycles. The van der Waals surface area contributed by atoms with E-state index in [1.54, 1.807) is 4.90 Å². The third kappa shape index (κ3) is 7.08. The third-order valence-corrected chi connectivity index (χ3v) is 5.31. The van der Waals surface area contributed by atoms with Crippen LogP contribution in [-0.4, -0.2) is 50.1 Å². The van der Waals surface area contributed by atoms with E-state index in [0.29, 0.717) is 32.5 Å². The molecule has 7 nitrogen and oxygen atoms in total. The molecule has 1 fully saturated rings. The van der Waals surface area contributed by atoms with Crippen molar-refractivity contribution in [2.24, 2.45) is 5.92 Å². The van der Waals surface area contributed by atoms with Gasteiger partial charge >= 0.3 is 12.1 Å². The molecule has 3 rings (SSSR count). The first-order valence-electron chi connectivity index (χ1n) is 10.4. The van der Waals surface area contributed by atoms with E-state index in [4.69, 9.17) is 18.9 Å². The third-order valence-electron chi connectivity index (χ3n) is 5.31. The Hall–Kier alpha value is -2.90. The largest absolute Gasteiger partial charge is 0.467 e. The van der Waals surface area contributed by atoms with Gasteiger partial charge in [-0.15, -0.1) is 0 Å². The minimum atomic E-state index is -0.719. The number of hydrogen-bond acceptors (Lipinski definition) is 6. The molecule has 1 unspecified atom stereocenters. The van der Waals surface area contributed by atoms with E-state index in [1.165, 1.54) is 7.11 Å². The zero-order valence-electron chi connectivity index (χ0n) is 17.8. The highest BCUT2D eigenvalue weighted by Crippen LogP contribution is 2.24. The standard InChI is InChI=1S/C24H29NO6/c1-28-23(26)22(31-18-29-16-19-8-4-2-5-9-19)21-12-14-25(15-13-21)24(27)30-17-20-10-6-3-7-11-20/h2-11,21-22H,12-18H2,1H3. The molecule has 0 spiro atoms.